The molecule has 0 aromatic carbocycles. The zero-order valence-corrected chi connectivity index (χ0v) is 18.0. The van der Waals surface area contributed by atoms with Gasteiger partial charge in [-0.1, -0.05) is 0 Å². The second kappa shape index (κ2) is 7.92. The van der Waals surface area contributed by atoms with Crippen LogP contribution >= 0.6 is 0 Å². The third-order valence-electron chi connectivity index (χ3n) is 6.67. The Morgan fingerprint density at radius 1 is 1.23 bits per heavy atom. The van der Waals surface area contributed by atoms with Gasteiger partial charge in [0, 0.05) is 68.7 Å². The highest BCUT2D eigenvalue weighted by Gasteiger charge is 2.28. The van der Waals surface area contributed by atoms with Gasteiger partial charge in [0.2, 0.25) is 0 Å². The van der Waals surface area contributed by atoms with Crippen LogP contribution in [0.25, 0.3) is 5.65 Å². The van der Waals surface area contributed by atoms with E-state index in [0.717, 1.165) is 42.8 Å². The van der Waals surface area contributed by atoms with E-state index in [1.54, 1.807) is 29.0 Å². The van der Waals surface area contributed by atoms with Crippen LogP contribution in [0.15, 0.2) is 35.4 Å². The Balaban J connectivity index is 1.34. The van der Waals surface area contributed by atoms with Crippen molar-refractivity contribution in [2.45, 2.75) is 51.6 Å². The Labute approximate surface area is 180 Å². The van der Waals surface area contributed by atoms with E-state index >= 15 is 0 Å². The minimum absolute atomic E-state index is 0.0146. The topological polar surface area (TPSA) is 86.6 Å². The van der Waals surface area contributed by atoms with Crippen LogP contribution in [0.4, 0.5) is 0 Å². The van der Waals surface area contributed by atoms with Gasteiger partial charge in [0.15, 0.2) is 5.65 Å². The van der Waals surface area contributed by atoms with Crippen molar-refractivity contribution in [3.8, 4) is 0 Å². The molecule has 5 rings (SSSR count). The summed E-state index contributed by atoms with van der Waals surface area (Å²) in [6.45, 7) is 7.30. The third kappa shape index (κ3) is 3.65. The number of rotatable bonds is 3. The van der Waals surface area contributed by atoms with Crippen molar-refractivity contribution in [1.82, 2.24) is 29.4 Å². The van der Waals surface area contributed by atoms with Gasteiger partial charge in [-0.15, -0.1) is 0 Å². The zero-order valence-electron chi connectivity index (χ0n) is 18.0. The molecule has 3 aromatic heterocycles. The first-order chi connectivity index (χ1) is 15.0. The first-order valence-corrected chi connectivity index (χ1v) is 11.1. The van der Waals surface area contributed by atoms with Crippen LogP contribution < -0.4 is 5.56 Å². The number of piperidine rings is 1. The molecule has 0 aliphatic carbocycles. The fraction of sp³-hybridized carbons (Fsp3) is 0.478. The molecular formula is C23H28N6O2. The molecule has 31 heavy (non-hydrogen) atoms. The molecule has 5 heterocycles. The maximum atomic E-state index is 13.1. The number of fused-ring (bicyclic) bond motifs is 2. The molecule has 162 valence electrons. The van der Waals surface area contributed by atoms with E-state index < -0.39 is 0 Å². The molecule has 1 N–H and O–H groups in total. The molecule has 1 saturated heterocycles. The third-order valence-corrected chi connectivity index (χ3v) is 6.67. The van der Waals surface area contributed by atoms with Crippen molar-refractivity contribution < 1.29 is 4.79 Å². The summed E-state index contributed by atoms with van der Waals surface area (Å²) in [5, 5.41) is 3.31. The lowest BCUT2D eigenvalue weighted by Crippen LogP contribution is -2.40. The summed E-state index contributed by atoms with van der Waals surface area (Å²) >= 11 is 0. The van der Waals surface area contributed by atoms with Crippen molar-refractivity contribution in [2.24, 2.45) is 0 Å². The molecule has 8 heteroatoms. The largest absolute Gasteiger partial charge is 0.339 e. The number of carbonyl (C=O) groups is 1. The van der Waals surface area contributed by atoms with E-state index in [1.165, 1.54) is 0 Å². The predicted molar refractivity (Wildman–Crippen MR) is 117 cm³/mol. The number of nitrogens with zero attached hydrogens (tertiary/aromatic N) is 5. The summed E-state index contributed by atoms with van der Waals surface area (Å²) in [4.78, 5) is 38.9. The van der Waals surface area contributed by atoms with E-state index in [4.69, 9.17) is 4.98 Å². The molecule has 0 atom stereocenters. The number of aromatic amines is 1. The average Bonchev–Trinajstić information content (AvgIpc) is 3.23. The molecular weight excluding hydrogens is 392 g/mol. The summed E-state index contributed by atoms with van der Waals surface area (Å²) in [6.07, 6.45) is 5.82. The zero-order chi connectivity index (χ0) is 21.5. The van der Waals surface area contributed by atoms with Crippen molar-refractivity contribution in [3.63, 3.8) is 0 Å². The van der Waals surface area contributed by atoms with Crippen LogP contribution in [0.3, 0.4) is 0 Å². The van der Waals surface area contributed by atoms with Crippen molar-refractivity contribution in [2.75, 3.05) is 19.6 Å². The van der Waals surface area contributed by atoms with Gasteiger partial charge in [-0.05, 0) is 38.8 Å². The highest BCUT2D eigenvalue weighted by Crippen LogP contribution is 2.28. The minimum Gasteiger partial charge on any atom is -0.339 e. The Bertz CT molecular complexity index is 1160. The Kier molecular flexibility index (Phi) is 5.09. The fourth-order valence-corrected chi connectivity index (χ4v) is 4.74. The number of hydrogen-bond donors (Lipinski definition) is 1. The van der Waals surface area contributed by atoms with E-state index in [1.807, 2.05) is 11.0 Å². The molecule has 0 saturated carbocycles. The van der Waals surface area contributed by atoms with Gasteiger partial charge >= 0.3 is 0 Å². The maximum absolute atomic E-state index is 13.1. The molecule has 1 fully saturated rings. The first kappa shape index (κ1) is 19.9. The SMILES string of the molecule is CC(C)N1CCc2nc3cc(C4CCN(C(=O)c5cccnc5)CC4)[nH]n3c(=O)c2C1. The highest BCUT2D eigenvalue weighted by atomic mass is 16.2. The lowest BCUT2D eigenvalue weighted by molar-refractivity contribution is 0.0711. The number of amides is 1. The molecule has 1 amide bonds. The monoisotopic (exact) mass is 420 g/mol. The van der Waals surface area contributed by atoms with E-state index in [-0.39, 0.29) is 17.4 Å². The Hall–Kier alpha value is -3.00. The van der Waals surface area contributed by atoms with Crippen molar-refractivity contribution in [1.29, 1.82) is 0 Å². The van der Waals surface area contributed by atoms with Crippen molar-refractivity contribution in [3.05, 3.63) is 63.5 Å². The first-order valence-electron chi connectivity index (χ1n) is 11.1. The quantitative estimate of drug-likeness (QED) is 0.702. The second-order valence-corrected chi connectivity index (χ2v) is 8.87. The molecule has 0 unspecified atom stereocenters. The van der Waals surface area contributed by atoms with Gasteiger partial charge in [0.05, 0.1) is 16.8 Å². The number of nitrogens with one attached hydrogen (secondary N) is 1. The second-order valence-electron chi connectivity index (χ2n) is 8.87. The van der Waals surface area contributed by atoms with Crippen LogP contribution in [-0.2, 0) is 13.0 Å². The lowest BCUT2D eigenvalue weighted by atomic mass is 9.93. The van der Waals surface area contributed by atoms with Gasteiger partial charge in [0.1, 0.15) is 0 Å². The number of pyridine rings is 1. The smallest absolute Gasteiger partial charge is 0.277 e. The fourth-order valence-electron chi connectivity index (χ4n) is 4.74. The van der Waals surface area contributed by atoms with E-state index in [9.17, 15) is 9.59 Å². The van der Waals surface area contributed by atoms with E-state index in [0.29, 0.717) is 36.9 Å². The summed E-state index contributed by atoms with van der Waals surface area (Å²) in [5.74, 6) is 0.312. The van der Waals surface area contributed by atoms with Gasteiger partial charge in [0.25, 0.3) is 11.5 Å². The van der Waals surface area contributed by atoms with Crippen LogP contribution in [0.5, 0.6) is 0 Å². The van der Waals surface area contributed by atoms with Gasteiger partial charge in [-0.3, -0.25) is 24.6 Å². The molecule has 2 aliphatic heterocycles. The summed E-state index contributed by atoms with van der Waals surface area (Å²) in [5.41, 5.74) is 4.11. The van der Waals surface area contributed by atoms with Crippen LogP contribution in [0.1, 0.15) is 59.9 Å². The number of aromatic nitrogens is 4. The summed E-state index contributed by atoms with van der Waals surface area (Å²) in [7, 11) is 0. The normalized spacial score (nSPS) is 18.0. The van der Waals surface area contributed by atoms with Gasteiger partial charge < -0.3 is 4.90 Å². The highest BCUT2D eigenvalue weighted by molar-refractivity contribution is 5.93. The molecule has 0 radical (unpaired) electrons. The standard InChI is InChI=1S/C23H28N6O2/c1-15(2)28-11-7-19-18(14-28)23(31)29-21(25-19)12-20(26-29)16-5-9-27(10-6-16)22(30)17-4-3-8-24-13-17/h3-4,8,12-13,15-16,26H,5-7,9-11,14H2,1-2H3. The van der Waals surface area contributed by atoms with Gasteiger partial charge in [-0.2, -0.15) is 0 Å². The average molecular weight is 421 g/mol. The molecule has 3 aromatic rings. The van der Waals surface area contributed by atoms with E-state index in [2.05, 4.69) is 28.8 Å². The van der Waals surface area contributed by atoms with Crippen LogP contribution in [0.2, 0.25) is 0 Å². The molecule has 2 aliphatic rings. The number of hydrogen-bond acceptors (Lipinski definition) is 5. The minimum atomic E-state index is 0.0146. The molecule has 0 spiro atoms. The molecule has 0 bridgehead atoms. The molecule has 8 nitrogen and oxygen atoms in total. The Morgan fingerprint density at radius 2 is 2.03 bits per heavy atom. The number of carbonyl (C=O) groups excluding carboxylic acids is 1. The number of H-pyrrole nitrogens is 1. The predicted octanol–water partition coefficient (Wildman–Crippen LogP) is 2.20. The van der Waals surface area contributed by atoms with Crippen LogP contribution in [0, 0.1) is 0 Å². The Morgan fingerprint density at radius 3 is 2.74 bits per heavy atom. The van der Waals surface area contributed by atoms with Crippen molar-refractivity contribution >= 4 is 11.6 Å². The number of likely N-dealkylation sites (tertiary alicyclic amines) is 1. The summed E-state index contributed by atoms with van der Waals surface area (Å²) in [6, 6.07) is 6.01. The van der Waals surface area contributed by atoms with Gasteiger partial charge in [-0.25, -0.2) is 9.50 Å². The lowest BCUT2D eigenvalue weighted by Gasteiger charge is -2.31. The summed E-state index contributed by atoms with van der Waals surface area (Å²) < 4.78 is 1.60. The maximum Gasteiger partial charge on any atom is 0.277 e. The van der Waals surface area contributed by atoms with Crippen LogP contribution in [-0.4, -0.2) is 61.0 Å².